The highest BCUT2D eigenvalue weighted by molar-refractivity contribution is 7.87. The summed E-state index contributed by atoms with van der Waals surface area (Å²) in [5.41, 5.74) is 10.8. The molecule has 0 saturated carbocycles. The first-order chi connectivity index (χ1) is 6.06. The first kappa shape index (κ1) is 10.9. The molecular weight excluding hydrogens is 192 g/mol. The Hall–Kier alpha value is -0.210. The van der Waals surface area contributed by atoms with Gasteiger partial charge >= 0.3 is 0 Å². The van der Waals surface area contributed by atoms with Crippen LogP contribution in [0, 0.1) is 0 Å². The van der Waals surface area contributed by atoms with Gasteiger partial charge in [0.1, 0.15) is 0 Å². The van der Waals surface area contributed by atoms with E-state index in [2.05, 4.69) is 4.72 Å². The van der Waals surface area contributed by atoms with Crippen molar-refractivity contribution in [2.75, 3.05) is 26.2 Å². The summed E-state index contributed by atoms with van der Waals surface area (Å²) < 4.78 is 26.6. The summed E-state index contributed by atoms with van der Waals surface area (Å²) >= 11 is 0. The minimum atomic E-state index is -3.33. The molecule has 5 N–H and O–H groups in total. The molecule has 1 fully saturated rings. The van der Waals surface area contributed by atoms with Crippen molar-refractivity contribution in [1.82, 2.24) is 9.03 Å². The average molecular weight is 208 g/mol. The molecule has 0 aromatic carbocycles. The van der Waals surface area contributed by atoms with Crippen LogP contribution < -0.4 is 16.2 Å². The maximum atomic E-state index is 11.4. The number of nitrogens with zero attached hydrogens (tertiary/aromatic N) is 1. The zero-order valence-corrected chi connectivity index (χ0v) is 8.26. The Kier molecular flexibility index (Phi) is 3.63. The molecule has 0 amide bonds. The van der Waals surface area contributed by atoms with Gasteiger partial charge in [-0.15, -0.1) is 0 Å². The van der Waals surface area contributed by atoms with Crippen molar-refractivity contribution in [2.24, 2.45) is 11.5 Å². The van der Waals surface area contributed by atoms with Gasteiger partial charge in [0.15, 0.2) is 0 Å². The zero-order valence-electron chi connectivity index (χ0n) is 7.44. The summed E-state index contributed by atoms with van der Waals surface area (Å²) in [6.45, 7) is 1.48. The van der Waals surface area contributed by atoms with Gasteiger partial charge in [0.05, 0.1) is 0 Å². The van der Waals surface area contributed by atoms with E-state index < -0.39 is 10.2 Å². The van der Waals surface area contributed by atoms with Gasteiger partial charge in [0.25, 0.3) is 10.2 Å². The van der Waals surface area contributed by atoms with Crippen molar-refractivity contribution in [3.63, 3.8) is 0 Å². The van der Waals surface area contributed by atoms with Crippen LogP contribution in [0.4, 0.5) is 0 Å². The Morgan fingerprint density at radius 3 is 2.69 bits per heavy atom. The Balaban J connectivity index is 2.50. The second kappa shape index (κ2) is 4.34. The van der Waals surface area contributed by atoms with E-state index in [1.807, 2.05) is 0 Å². The van der Waals surface area contributed by atoms with Crippen molar-refractivity contribution in [3.05, 3.63) is 0 Å². The van der Waals surface area contributed by atoms with E-state index in [0.29, 0.717) is 19.6 Å². The predicted molar refractivity (Wildman–Crippen MR) is 50.1 cm³/mol. The lowest BCUT2D eigenvalue weighted by atomic mass is 10.3. The highest BCUT2D eigenvalue weighted by Crippen LogP contribution is 2.10. The Morgan fingerprint density at radius 1 is 1.54 bits per heavy atom. The van der Waals surface area contributed by atoms with E-state index in [9.17, 15) is 8.42 Å². The van der Waals surface area contributed by atoms with Gasteiger partial charge < -0.3 is 11.5 Å². The molecule has 0 bridgehead atoms. The molecule has 1 atom stereocenters. The summed E-state index contributed by atoms with van der Waals surface area (Å²) in [7, 11) is -3.33. The lowest BCUT2D eigenvalue weighted by molar-refractivity contribution is 0.461. The normalized spacial score (nSPS) is 25.2. The van der Waals surface area contributed by atoms with Crippen molar-refractivity contribution in [3.8, 4) is 0 Å². The number of hydrogen-bond acceptors (Lipinski definition) is 4. The van der Waals surface area contributed by atoms with E-state index >= 15 is 0 Å². The van der Waals surface area contributed by atoms with Crippen molar-refractivity contribution in [1.29, 1.82) is 0 Å². The molecule has 1 rings (SSSR count). The molecule has 0 unspecified atom stereocenters. The fourth-order valence-corrected chi connectivity index (χ4v) is 2.54. The molecule has 1 aliphatic rings. The predicted octanol–water partition coefficient (Wildman–Crippen LogP) is -2.19. The Bertz CT molecular complexity index is 253. The lowest BCUT2D eigenvalue weighted by Gasteiger charge is -2.15. The fourth-order valence-electron chi connectivity index (χ4n) is 1.25. The number of nitrogens with one attached hydrogen (secondary N) is 1. The van der Waals surface area contributed by atoms with Crippen LogP contribution >= 0.6 is 0 Å². The summed E-state index contributed by atoms with van der Waals surface area (Å²) in [5.74, 6) is 0. The molecule has 0 aromatic rings. The lowest BCUT2D eigenvalue weighted by Crippen LogP contribution is -2.42. The minimum absolute atomic E-state index is 0.0329. The molecule has 1 aliphatic heterocycles. The van der Waals surface area contributed by atoms with Crippen LogP contribution in [0.1, 0.15) is 6.42 Å². The van der Waals surface area contributed by atoms with Gasteiger partial charge in [-0.25, -0.2) is 4.72 Å². The van der Waals surface area contributed by atoms with Crippen LogP contribution in [0.5, 0.6) is 0 Å². The maximum absolute atomic E-state index is 11.4. The third-order valence-electron chi connectivity index (χ3n) is 1.96. The van der Waals surface area contributed by atoms with E-state index in [1.54, 1.807) is 0 Å². The van der Waals surface area contributed by atoms with Crippen LogP contribution in [0.15, 0.2) is 0 Å². The molecular formula is C6H16N4O2S. The molecule has 0 spiro atoms. The van der Waals surface area contributed by atoms with Gasteiger partial charge in [0.2, 0.25) is 0 Å². The van der Waals surface area contributed by atoms with Gasteiger partial charge in [-0.1, -0.05) is 0 Å². The quantitative estimate of drug-likeness (QED) is 0.488. The van der Waals surface area contributed by atoms with Gasteiger partial charge in [-0.2, -0.15) is 12.7 Å². The van der Waals surface area contributed by atoms with E-state index in [4.69, 9.17) is 11.5 Å². The summed E-state index contributed by atoms with van der Waals surface area (Å²) in [6.07, 6.45) is 0.726. The molecule has 13 heavy (non-hydrogen) atoms. The maximum Gasteiger partial charge on any atom is 0.279 e. The van der Waals surface area contributed by atoms with E-state index in [-0.39, 0.29) is 12.6 Å². The molecule has 7 heteroatoms. The Morgan fingerprint density at radius 2 is 2.23 bits per heavy atom. The van der Waals surface area contributed by atoms with Gasteiger partial charge in [-0.05, 0) is 6.42 Å². The smallest absolute Gasteiger partial charge is 0.279 e. The van der Waals surface area contributed by atoms with Crippen LogP contribution in [0.2, 0.25) is 0 Å². The average Bonchev–Trinajstić information content (AvgIpc) is 2.49. The molecule has 0 radical (unpaired) electrons. The standard InChI is InChI=1S/C6H16N4O2S/c7-2-3-9-13(11,12)10-4-1-6(8)5-10/h6,9H,1-5,7-8H2/t6-/m1/s1. The highest BCUT2D eigenvalue weighted by atomic mass is 32.2. The van der Waals surface area contributed by atoms with Crippen LogP contribution in [-0.4, -0.2) is 44.9 Å². The molecule has 1 heterocycles. The largest absolute Gasteiger partial charge is 0.329 e. The zero-order chi connectivity index (χ0) is 9.90. The van der Waals surface area contributed by atoms with Crippen LogP contribution in [-0.2, 0) is 10.2 Å². The minimum Gasteiger partial charge on any atom is -0.329 e. The van der Waals surface area contributed by atoms with Crippen molar-refractivity contribution >= 4 is 10.2 Å². The van der Waals surface area contributed by atoms with E-state index in [0.717, 1.165) is 6.42 Å². The van der Waals surface area contributed by atoms with Crippen molar-refractivity contribution in [2.45, 2.75) is 12.5 Å². The number of hydrogen-bond donors (Lipinski definition) is 3. The monoisotopic (exact) mass is 208 g/mol. The van der Waals surface area contributed by atoms with Crippen LogP contribution in [0.3, 0.4) is 0 Å². The first-order valence-electron chi connectivity index (χ1n) is 4.26. The third-order valence-corrected chi connectivity index (χ3v) is 3.54. The fraction of sp³-hybridized carbons (Fsp3) is 1.00. The molecule has 78 valence electrons. The second-order valence-corrected chi connectivity index (χ2v) is 4.85. The van der Waals surface area contributed by atoms with Crippen LogP contribution in [0.25, 0.3) is 0 Å². The summed E-state index contributed by atoms with van der Waals surface area (Å²) in [6, 6.07) is -0.0329. The Labute approximate surface area is 78.4 Å². The highest BCUT2D eigenvalue weighted by Gasteiger charge is 2.28. The first-order valence-corrected chi connectivity index (χ1v) is 5.70. The summed E-state index contributed by atoms with van der Waals surface area (Å²) in [5, 5.41) is 0. The number of rotatable bonds is 4. The van der Waals surface area contributed by atoms with Gasteiger partial charge in [0, 0.05) is 32.2 Å². The second-order valence-electron chi connectivity index (χ2n) is 3.09. The SMILES string of the molecule is NCCNS(=O)(=O)N1CC[C@@H](N)C1. The third kappa shape index (κ3) is 2.89. The summed E-state index contributed by atoms with van der Waals surface area (Å²) in [4.78, 5) is 0. The molecule has 0 aromatic heterocycles. The number of nitrogens with two attached hydrogens (primary N) is 2. The van der Waals surface area contributed by atoms with Gasteiger partial charge in [-0.3, -0.25) is 0 Å². The van der Waals surface area contributed by atoms with Crippen molar-refractivity contribution < 1.29 is 8.42 Å². The molecule has 1 saturated heterocycles. The topological polar surface area (TPSA) is 101 Å². The molecule has 6 nitrogen and oxygen atoms in total. The molecule has 0 aliphatic carbocycles. The van der Waals surface area contributed by atoms with E-state index in [1.165, 1.54) is 4.31 Å².